The number of hydrogen-bond donors (Lipinski definition) is 1. The van der Waals surface area contributed by atoms with Gasteiger partial charge >= 0.3 is 5.97 Å². The monoisotopic (exact) mass is 166 g/mol. The van der Waals surface area contributed by atoms with Crippen LogP contribution in [0.4, 0.5) is 0 Å². The molecule has 1 aliphatic rings. The van der Waals surface area contributed by atoms with Gasteiger partial charge in [0.2, 0.25) is 0 Å². The second kappa shape index (κ2) is 3.85. The summed E-state index contributed by atoms with van der Waals surface area (Å²) in [5, 5.41) is 8.30. The summed E-state index contributed by atoms with van der Waals surface area (Å²) in [6.07, 6.45) is 6.38. The molecule has 0 heterocycles. The number of allylic oxidation sites excluding steroid dienone is 4. The highest BCUT2D eigenvalue weighted by Gasteiger charge is 2.10. The molecule has 0 radical (unpaired) electrons. The lowest BCUT2D eigenvalue weighted by atomic mass is 10.1. The van der Waals surface area contributed by atoms with Crippen LogP contribution in [-0.2, 0) is 9.59 Å². The Hall–Kier alpha value is -1.38. The van der Waals surface area contributed by atoms with Crippen molar-refractivity contribution in [2.45, 2.75) is 19.3 Å². The molecule has 0 spiro atoms. The summed E-state index contributed by atoms with van der Waals surface area (Å²) in [4.78, 5) is 21.1. The number of ketones is 1. The highest BCUT2D eigenvalue weighted by molar-refractivity contribution is 5.95. The van der Waals surface area contributed by atoms with Gasteiger partial charge in [-0.1, -0.05) is 23.8 Å². The van der Waals surface area contributed by atoms with E-state index in [2.05, 4.69) is 0 Å². The molecule has 0 aromatic rings. The number of aliphatic carboxylic acids is 1. The van der Waals surface area contributed by atoms with Crippen LogP contribution in [0.3, 0.4) is 0 Å². The average molecular weight is 166 g/mol. The molecule has 0 saturated heterocycles. The standard InChI is InChI=1S/C9H10O3/c10-8(6-9(11)12)5-7-3-1-2-4-7/h1-3H,4-6H2,(H,11,12). The van der Waals surface area contributed by atoms with E-state index >= 15 is 0 Å². The lowest BCUT2D eigenvalue weighted by molar-refractivity contribution is -0.140. The molecule has 0 saturated carbocycles. The molecule has 1 N–H and O–H groups in total. The Morgan fingerprint density at radius 3 is 2.75 bits per heavy atom. The summed E-state index contributed by atoms with van der Waals surface area (Å²) >= 11 is 0. The lowest BCUT2D eigenvalue weighted by Gasteiger charge is -1.97. The van der Waals surface area contributed by atoms with Gasteiger partial charge in [-0.05, 0) is 6.42 Å². The predicted octanol–water partition coefficient (Wildman–Crippen LogP) is 1.31. The number of Topliss-reactive ketones (excluding diaryl/α,β-unsaturated/α-hetero) is 1. The zero-order chi connectivity index (χ0) is 8.97. The van der Waals surface area contributed by atoms with Gasteiger partial charge in [-0.25, -0.2) is 0 Å². The molecule has 0 atom stereocenters. The normalized spacial score (nSPS) is 14.5. The zero-order valence-corrected chi connectivity index (χ0v) is 6.62. The van der Waals surface area contributed by atoms with Crippen LogP contribution in [-0.4, -0.2) is 16.9 Å². The van der Waals surface area contributed by atoms with Crippen molar-refractivity contribution in [1.82, 2.24) is 0 Å². The summed E-state index contributed by atoms with van der Waals surface area (Å²) in [7, 11) is 0. The molecular weight excluding hydrogens is 156 g/mol. The first kappa shape index (κ1) is 8.71. The molecular formula is C9H10O3. The Bertz CT molecular complexity index is 261. The van der Waals surface area contributed by atoms with Crippen LogP contribution >= 0.6 is 0 Å². The first-order valence-corrected chi connectivity index (χ1v) is 3.76. The molecule has 1 rings (SSSR count). The van der Waals surface area contributed by atoms with Crippen LogP contribution in [0.25, 0.3) is 0 Å². The first-order valence-electron chi connectivity index (χ1n) is 3.76. The summed E-state index contributed by atoms with van der Waals surface area (Å²) in [5.41, 5.74) is 1.00. The summed E-state index contributed by atoms with van der Waals surface area (Å²) in [6.45, 7) is 0. The van der Waals surface area contributed by atoms with Crippen LogP contribution in [0.5, 0.6) is 0 Å². The minimum absolute atomic E-state index is 0.225. The molecule has 0 amide bonds. The van der Waals surface area contributed by atoms with Crippen molar-refractivity contribution in [3.8, 4) is 0 Å². The van der Waals surface area contributed by atoms with Gasteiger partial charge in [0, 0.05) is 6.42 Å². The van der Waals surface area contributed by atoms with Gasteiger partial charge in [0.15, 0.2) is 0 Å². The number of carboxylic acid groups (broad SMARTS) is 1. The molecule has 0 fully saturated rings. The smallest absolute Gasteiger partial charge is 0.310 e. The maximum atomic E-state index is 11.0. The second-order valence-corrected chi connectivity index (χ2v) is 2.74. The molecule has 0 aromatic heterocycles. The van der Waals surface area contributed by atoms with Crippen molar-refractivity contribution in [2.24, 2.45) is 0 Å². The van der Waals surface area contributed by atoms with E-state index in [4.69, 9.17) is 5.11 Å². The summed E-state index contributed by atoms with van der Waals surface area (Å²) in [5.74, 6) is -1.27. The van der Waals surface area contributed by atoms with Gasteiger partial charge in [-0.15, -0.1) is 0 Å². The summed E-state index contributed by atoms with van der Waals surface area (Å²) in [6, 6.07) is 0. The van der Waals surface area contributed by atoms with Gasteiger partial charge in [-0.3, -0.25) is 9.59 Å². The third-order valence-electron chi connectivity index (χ3n) is 1.62. The fourth-order valence-electron chi connectivity index (χ4n) is 1.11. The Morgan fingerprint density at radius 2 is 2.25 bits per heavy atom. The van der Waals surface area contributed by atoms with E-state index in [1.54, 1.807) is 0 Å². The van der Waals surface area contributed by atoms with E-state index in [-0.39, 0.29) is 18.6 Å². The van der Waals surface area contributed by atoms with Crippen molar-refractivity contribution in [3.05, 3.63) is 23.8 Å². The van der Waals surface area contributed by atoms with Gasteiger partial charge in [0.1, 0.15) is 12.2 Å². The average Bonchev–Trinajstić information content (AvgIpc) is 2.37. The molecule has 1 aliphatic carbocycles. The number of hydrogen-bond acceptors (Lipinski definition) is 2. The molecule has 0 aliphatic heterocycles. The van der Waals surface area contributed by atoms with Crippen molar-refractivity contribution < 1.29 is 14.7 Å². The van der Waals surface area contributed by atoms with Gasteiger partial charge in [-0.2, -0.15) is 0 Å². The Balaban J connectivity index is 2.32. The third-order valence-corrected chi connectivity index (χ3v) is 1.62. The maximum absolute atomic E-state index is 11.0. The topological polar surface area (TPSA) is 54.4 Å². The molecule has 0 unspecified atom stereocenters. The first-order chi connectivity index (χ1) is 5.68. The highest BCUT2D eigenvalue weighted by atomic mass is 16.4. The van der Waals surface area contributed by atoms with E-state index in [0.29, 0.717) is 0 Å². The van der Waals surface area contributed by atoms with Crippen LogP contribution in [0.1, 0.15) is 19.3 Å². The van der Waals surface area contributed by atoms with Crippen molar-refractivity contribution in [1.29, 1.82) is 0 Å². The van der Waals surface area contributed by atoms with Gasteiger partial charge in [0.25, 0.3) is 0 Å². The molecule has 0 aromatic carbocycles. The fourth-order valence-corrected chi connectivity index (χ4v) is 1.11. The van der Waals surface area contributed by atoms with E-state index in [1.165, 1.54) is 0 Å². The van der Waals surface area contributed by atoms with Crippen molar-refractivity contribution >= 4 is 11.8 Å². The molecule has 12 heavy (non-hydrogen) atoms. The number of carbonyl (C=O) groups excluding carboxylic acids is 1. The van der Waals surface area contributed by atoms with Crippen LogP contribution < -0.4 is 0 Å². The Kier molecular flexibility index (Phi) is 2.80. The van der Waals surface area contributed by atoms with Gasteiger partial charge < -0.3 is 5.11 Å². The lowest BCUT2D eigenvalue weighted by Crippen LogP contribution is -2.06. The van der Waals surface area contributed by atoms with E-state index in [9.17, 15) is 9.59 Å². The highest BCUT2D eigenvalue weighted by Crippen LogP contribution is 2.14. The van der Waals surface area contributed by atoms with Gasteiger partial charge in [0.05, 0.1) is 0 Å². The van der Waals surface area contributed by atoms with E-state index in [1.807, 2.05) is 18.2 Å². The zero-order valence-electron chi connectivity index (χ0n) is 6.62. The SMILES string of the molecule is O=C(O)CC(=O)CC1=CC=CC1. The molecule has 64 valence electrons. The van der Waals surface area contributed by atoms with E-state index in [0.717, 1.165) is 12.0 Å². The predicted molar refractivity (Wildman–Crippen MR) is 43.7 cm³/mol. The second-order valence-electron chi connectivity index (χ2n) is 2.74. The number of carbonyl (C=O) groups is 2. The van der Waals surface area contributed by atoms with Crippen LogP contribution in [0.15, 0.2) is 23.8 Å². The van der Waals surface area contributed by atoms with Crippen LogP contribution in [0.2, 0.25) is 0 Å². The fraction of sp³-hybridized carbons (Fsp3) is 0.333. The third kappa shape index (κ3) is 2.70. The number of carboxylic acids is 1. The van der Waals surface area contributed by atoms with Crippen molar-refractivity contribution in [2.75, 3.05) is 0 Å². The quantitative estimate of drug-likeness (QED) is 0.640. The van der Waals surface area contributed by atoms with Crippen molar-refractivity contribution in [3.63, 3.8) is 0 Å². The number of rotatable bonds is 4. The minimum atomic E-state index is -1.05. The van der Waals surface area contributed by atoms with E-state index < -0.39 is 5.97 Å². The molecule has 0 bridgehead atoms. The summed E-state index contributed by atoms with van der Waals surface area (Å²) < 4.78 is 0. The minimum Gasteiger partial charge on any atom is -0.481 e. The maximum Gasteiger partial charge on any atom is 0.310 e. The van der Waals surface area contributed by atoms with Crippen LogP contribution in [0, 0.1) is 0 Å². The largest absolute Gasteiger partial charge is 0.481 e. The Morgan fingerprint density at radius 1 is 1.50 bits per heavy atom. The Labute approximate surface area is 70.4 Å². The molecule has 3 nitrogen and oxygen atoms in total. The molecule has 3 heteroatoms.